The summed E-state index contributed by atoms with van der Waals surface area (Å²) in [5.74, 6) is -0.964. The van der Waals surface area contributed by atoms with Crippen LogP contribution in [0.3, 0.4) is 0 Å². The van der Waals surface area contributed by atoms with E-state index in [1.54, 1.807) is 6.20 Å². The minimum atomic E-state index is -0.562. The highest BCUT2D eigenvalue weighted by Gasteiger charge is 2.27. The molecule has 1 saturated heterocycles. The Bertz CT molecular complexity index is 823. The Morgan fingerprint density at radius 3 is 2.72 bits per heavy atom. The smallest absolute Gasteiger partial charge is 0.134 e. The standard InChI is InChI=1S/C18H19F2N5/c19-15-4-1-5-16(20)17(15)14-9-22-24-18(14)12-3-2-8-25(10-12)11-13-6-7-21-23-13/h1,4-7,9,12H,2-3,8,10-11H2,(H,21,23)(H,22,24)/t12-/m1/s1. The van der Waals surface area contributed by atoms with Crippen LogP contribution < -0.4 is 0 Å². The van der Waals surface area contributed by atoms with Gasteiger partial charge in [-0.25, -0.2) is 8.78 Å². The number of piperidine rings is 1. The monoisotopic (exact) mass is 343 g/mol. The Morgan fingerprint density at radius 2 is 1.96 bits per heavy atom. The Labute approximate surface area is 144 Å². The maximum atomic E-state index is 14.2. The van der Waals surface area contributed by atoms with Crippen LogP contribution in [0.1, 0.15) is 30.1 Å². The van der Waals surface area contributed by atoms with Crippen LogP contribution in [0.5, 0.6) is 0 Å². The highest BCUT2D eigenvalue weighted by molar-refractivity contribution is 5.67. The molecule has 0 radical (unpaired) electrons. The lowest BCUT2D eigenvalue weighted by Gasteiger charge is -2.32. The van der Waals surface area contributed by atoms with Crippen LogP contribution in [0.15, 0.2) is 36.7 Å². The molecule has 0 amide bonds. The predicted octanol–water partition coefficient (Wildman–Crippen LogP) is 3.46. The molecule has 1 aromatic carbocycles. The fraction of sp³-hybridized carbons (Fsp3) is 0.333. The van der Waals surface area contributed by atoms with Crippen molar-refractivity contribution >= 4 is 0 Å². The van der Waals surface area contributed by atoms with Gasteiger partial charge in [0.2, 0.25) is 0 Å². The van der Waals surface area contributed by atoms with Gasteiger partial charge in [-0.15, -0.1) is 0 Å². The van der Waals surface area contributed by atoms with Crippen molar-refractivity contribution in [1.29, 1.82) is 0 Å². The van der Waals surface area contributed by atoms with Crippen LogP contribution in [-0.2, 0) is 6.54 Å². The summed E-state index contributed by atoms with van der Waals surface area (Å²) in [4.78, 5) is 2.32. The second-order valence-corrected chi connectivity index (χ2v) is 6.45. The molecule has 7 heteroatoms. The molecule has 0 spiro atoms. The number of benzene rings is 1. The molecule has 3 aromatic rings. The molecule has 130 valence electrons. The maximum absolute atomic E-state index is 14.2. The number of nitrogens with zero attached hydrogens (tertiary/aromatic N) is 3. The molecular weight excluding hydrogens is 324 g/mol. The number of aromatic nitrogens is 4. The third-order valence-corrected chi connectivity index (χ3v) is 4.77. The second kappa shape index (κ2) is 6.76. The molecule has 5 nitrogen and oxygen atoms in total. The van der Waals surface area contributed by atoms with Gasteiger partial charge in [-0.2, -0.15) is 10.2 Å². The number of hydrogen-bond acceptors (Lipinski definition) is 3. The van der Waals surface area contributed by atoms with E-state index in [-0.39, 0.29) is 11.5 Å². The Kier molecular flexibility index (Phi) is 4.31. The summed E-state index contributed by atoms with van der Waals surface area (Å²) in [6.07, 6.45) is 5.25. The van der Waals surface area contributed by atoms with Crippen molar-refractivity contribution in [3.63, 3.8) is 0 Å². The van der Waals surface area contributed by atoms with Gasteiger partial charge in [0.05, 0.1) is 11.8 Å². The number of likely N-dealkylation sites (tertiary alicyclic amines) is 1. The molecule has 2 N–H and O–H groups in total. The minimum absolute atomic E-state index is 0.00283. The first kappa shape index (κ1) is 16.0. The first-order valence-corrected chi connectivity index (χ1v) is 8.40. The van der Waals surface area contributed by atoms with Gasteiger partial charge in [0, 0.05) is 42.2 Å². The normalized spacial score (nSPS) is 18.6. The fourth-order valence-corrected chi connectivity index (χ4v) is 3.61. The van der Waals surface area contributed by atoms with Crippen LogP contribution in [0, 0.1) is 11.6 Å². The van der Waals surface area contributed by atoms with Gasteiger partial charge in [0.25, 0.3) is 0 Å². The minimum Gasteiger partial charge on any atom is -0.297 e. The number of rotatable bonds is 4. The van der Waals surface area contributed by atoms with Gasteiger partial charge in [-0.05, 0) is 37.6 Å². The quantitative estimate of drug-likeness (QED) is 0.763. The Balaban J connectivity index is 1.59. The van der Waals surface area contributed by atoms with Crippen molar-refractivity contribution in [3.8, 4) is 11.1 Å². The van der Waals surface area contributed by atoms with E-state index in [4.69, 9.17) is 0 Å². The summed E-state index contributed by atoms with van der Waals surface area (Å²) in [7, 11) is 0. The van der Waals surface area contributed by atoms with Crippen LogP contribution in [0.25, 0.3) is 11.1 Å². The third kappa shape index (κ3) is 3.19. The summed E-state index contributed by atoms with van der Waals surface area (Å²) < 4.78 is 28.4. The van der Waals surface area contributed by atoms with Crippen molar-refractivity contribution in [2.24, 2.45) is 0 Å². The third-order valence-electron chi connectivity index (χ3n) is 4.77. The molecule has 25 heavy (non-hydrogen) atoms. The predicted molar refractivity (Wildman–Crippen MR) is 89.8 cm³/mol. The van der Waals surface area contributed by atoms with Crippen LogP contribution >= 0.6 is 0 Å². The van der Waals surface area contributed by atoms with Crippen molar-refractivity contribution in [2.75, 3.05) is 13.1 Å². The lowest BCUT2D eigenvalue weighted by Crippen LogP contribution is -2.34. The lowest BCUT2D eigenvalue weighted by molar-refractivity contribution is 0.196. The Hall–Kier alpha value is -2.54. The van der Waals surface area contributed by atoms with E-state index in [0.717, 1.165) is 43.9 Å². The molecule has 1 aliphatic rings. The first-order chi connectivity index (χ1) is 12.2. The summed E-state index contributed by atoms with van der Waals surface area (Å²) in [6.45, 7) is 2.59. The molecular formula is C18H19F2N5. The summed E-state index contributed by atoms with van der Waals surface area (Å²) in [5, 5.41) is 14.0. The second-order valence-electron chi connectivity index (χ2n) is 6.45. The number of hydrogen-bond donors (Lipinski definition) is 2. The molecule has 0 aliphatic carbocycles. The van der Waals surface area contributed by atoms with Crippen molar-refractivity contribution in [2.45, 2.75) is 25.3 Å². The highest BCUT2D eigenvalue weighted by Crippen LogP contribution is 2.35. The molecule has 1 fully saturated rings. The SMILES string of the molecule is Fc1cccc(F)c1-c1cn[nH]c1[C@@H]1CCCN(Cc2ccn[nH]2)C1. The number of H-pyrrole nitrogens is 2. The first-order valence-electron chi connectivity index (χ1n) is 8.40. The zero-order valence-corrected chi connectivity index (χ0v) is 13.7. The highest BCUT2D eigenvalue weighted by atomic mass is 19.1. The summed E-state index contributed by atoms with van der Waals surface area (Å²) >= 11 is 0. The fourth-order valence-electron chi connectivity index (χ4n) is 3.61. The van der Waals surface area contributed by atoms with Crippen molar-refractivity contribution in [1.82, 2.24) is 25.3 Å². The topological polar surface area (TPSA) is 60.6 Å². The molecule has 1 aliphatic heterocycles. The molecule has 1 atom stereocenters. The van der Waals surface area contributed by atoms with Crippen molar-refractivity contribution in [3.05, 3.63) is 59.7 Å². The Morgan fingerprint density at radius 1 is 1.12 bits per heavy atom. The largest absolute Gasteiger partial charge is 0.297 e. The van der Waals surface area contributed by atoms with Gasteiger partial charge in [0.1, 0.15) is 11.6 Å². The van der Waals surface area contributed by atoms with Gasteiger partial charge < -0.3 is 0 Å². The number of halogens is 2. The molecule has 0 unspecified atom stereocenters. The van der Waals surface area contributed by atoms with Gasteiger partial charge in [-0.1, -0.05) is 6.07 Å². The van der Waals surface area contributed by atoms with Crippen LogP contribution in [0.4, 0.5) is 8.78 Å². The lowest BCUT2D eigenvalue weighted by atomic mass is 9.90. The average Bonchev–Trinajstić information content (AvgIpc) is 3.27. The summed E-state index contributed by atoms with van der Waals surface area (Å²) in [6, 6.07) is 5.89. The van der Waals surface area contributed by atoms with E-state index in [9.17, 15) is 8.78 Å². The van der Waals surface area contributed by atoms with E-state index in [2.05, 4.69) is 25.3 Å². The average molecular weight is 343 g/mol. The summed E-state index contributed by atoms with van der Waals surface area (Å²) in [5.41, 5.74) is 2.38. The molecule has 2 aromatic heterocycles. The van der Waals surface area contributed by atoms with Crippen LogP contribution in [-0.4, -0.2) is 38.4 Å². The van der Waals surface area contributed by atoms with E-state index in [1.807, 2.05) is 6.07 Å². The van der Waals surface area contributed by atoms with Gasteiger partial charge in [-0.3, -0.25) is 15.1 Å². The molecule has 4 rings (SSSR count). The molecule has 0 bridgehead atoms. The van der Waals surface area contributed by atoms with E-state index in [0.29, 0.717) is 5.56 Å². The van der Waals surface area contributed by atoms with E-state index < -0.39 is 11.6 Å². The molecule has 0 saturated carbocycles. The maximum Gasteiger partial charge on any atom is 0.134 e. The van der Waals surface area contributed by atoms with Gasteiger partial charge in [0.15, 0.2) is 0 Å². The van der Waals surface area contributed by atoms with Crippen molar-refractivity contribution < 1.29 is 8.78 Å². The van der Waals surface area contributed by atoms with E-state index in [1.165, 1.54) is 24.4 Å². The van der Waals surface area contributed by atoms with E-state index >= 15 is 0 Å². The van der Waals surface area contributed by atoms with Crippen LogP contribution in [0.2, 0.25) is 0 Å². The number of aromatic amines is 2. The zero-order valence-electron chi connectivity index (χ0n) is 13.7. The van der Waals surface area contributed by atoms with Gasteiger partial charge >= 0.3 is 0 Å². The number of nitrogens with one attached hydrogen (secondary N) is 2. The molecule has 3 heterocycles. The zero-order chi connectivity index (χ0) is 17.2.